The van der Waals surface area contributed by atoms with Crippen molar-refractivity contribution in [2.45, 2.75) is 6.61 Å². The molecule has 1 aromatic heterocycles. The lowest BCUT2D eigenvalue weighted by Gasteiger charge is -2.02. The van der Waals surface area contributed by atoms with Gasteiger partial charge in [-0.05, 0) is 24.3 Å². The predicted molar refractivity (Wildman–Crippen MR) is 70.5 cm³/mol. The van der Waals surface area contributed by atoms with E-state index in [0.717, 1.165) is 5.56 Å². The molecule has 0 saturated carbocycles. The molecule has 5 heteroatoms. The van der Waals surface area contributed by atoms with Crippen LogP contribution in [0.1, 0.15) is 5.89 Å². The average Bonchev–Trinajstić information content (AvgIpc) is 2.95. The Morgan fingerprint density at radius 3 is 2.65 bits per heavy atom. The van der Waals surface area contributed by atoms with Crippen molar-refractivity contribution in [2.75, 3.05) is 0 Å². The van der Waals surface area contributed by atoms with Crippen molar-refractivity contribution in [1.82, 2.24) is 10.2 Å². The summed E-state index contributed by atoms with van der Waals surface area (Å²) in [6, 6.07) is 15.3. The van der Waals surface area contributed by atoms with Crippen molar-refractivity contribution in [3.05, 3.63) is 66.3 Å². The third-order valence-corrected chi connectivity index (χ3v) is 2.65. The van der Waals surface area contributed by atoms with Crippen molar-refractivity contribution in [3.63, 3.8) is 0 Å². The summed E-state index contributed by atoms with van der Waals surface area (Å²) < 4.78 is 23.9. The van der Waals surface area contributed by atoms with E-state index < -0.39 is 0 Å². The van der Waals surface area contributed by atoms with Gasteiger partial charge in [-0.2, -0.15) is 0 Å². The third kappa shape index (κ3) is 2.83. The molecule has 0 aliphatic rings. The second-order valence-electron chi connectivity index (χ2n) is 4.11. The predicted octanol–water partition coefficient (Wildman–Crippen LogP) is 3.45. The van der Waals surface area contributed by atoms with E-state index in [-0.39, 0.29) is 12.4 Å². The zero-order valence-electron chi connectivity index (χ0n) is 10.5. The molecule has 0 bridgehead atoms. The van der Waals surface area contributed by atoms with E-state index in [1.54, 1.807) is 12.1 Å². The number of hydrogen-bond donors (Lipinski definition) is 0. The third-order valence-electron chi connectivity index (χ3n) is 2.65. The van der Waals surface area contributed by atoms with Gasteiger partial charge in [-0.25, -0.2) is 4.39 Å². The molecule has 1 heterocycles. The molecule has 0 spiro atoms. The van der Waals surface area contributed by atoms with Gasteiger partial charge in [0.05, 0.1) is 0 Å². The van der Waals surface area contributed by atoms with Crippen LogP contribution in [0, 0.1) is 5.82 Å². The molecule has 3 rings (SSSR count). The molecule has 0 aliphatic heterocycles. The largest absolute Gasteiger partial charge is 0.484 e. The Balaban J connectivity index is 1.69. The van der Waals surface area contributed by atoms with Crippen LogP contribution >= 0.6 is 0 Å². The van der Waals surface area contributed by atoms with E-state index in [0.29, 0.717) is 17.5 Å². The van der Waals surface area contributed by atoms with Crippen molar-refractivity contribution in [2.24, 2.45) is 0 Å². The van der Waals surface area contributed by atoms with Crippen LogP contribution in [0.5, 0.6) is 5.75 Å². The summed E-state index contributed by atoms with van der Waals surface area (Å²) in [5, 5.41) is 7.84. The summed E-state index contributed by atoms with van der Waals surface area (Å²) in [5.74, 6) is 0.846. The number of benzene rings is 2. The van der Waals surface area contributed by atoms with Gasteiger partial charge in [-0.3, -0.25) is 0 Å². The van der Waals surface area contributed by atoms with Crippen LogP contribution in [-0.4, -0.2) is 10.2 Å². The lowest BCUT2D eigenvalue weighted by Crippen LogP contribution is -1.95. The first kappa shape index (κ1) is 12.3. The van der Waals surface area contributed by atoms with Gasteiger partial charge in [-0.15, -0.1) is 10.2 Å². The van der Waals surface area contributed by atoms with Crippen LogP contribution in [0.15, 0.2) is 59.0 Å². The maximum atomic E-state index is 13.0. The fraction of sp³-hybridized carbons (Fsp3) is 0.0667. The SMILES string of the molecule is Fc1cccc(OCc2nnc(-c3ccccc3)o2)c1. The first-order valence-corrected chi connectivity index (χ1v) is 6.07. The lowest BCUT2D eigenvalue weighted by atomic mass is 10.2. The number of hydrogen-bond acceptors (Lipinski definition) is 4. The Morgan fingerprint density at radius 1 is 1.00 bits per heavy atom. The molecule has 0 amide bonds. The Bertz CT molecular complexity index is 698. The van der Waals surface area contributed by atoms with Gasteiger partial charge in [0.25, 0.3) is 5.89 Å². The Morgan fingerprint density at radius 2 is 1.85 bits per heavy atom. The Kier molecular flexibility index (Phi) is 3.41. The van der Waals surface area contributed by atoms with Crippen LogP contribution < -0.4 is 4.74 Å². The number of aromatic nitrogens is 2. The smallest absolute Gasteiger partial charge is 0.254 e. The highest BCUT2D eigenvalue weighted by atomic mass is 19.1. The number of rotatable bonds is 4. The van der Waals surface area contributed by atoms with Crippen LogP contribution in [0.2, 0.25) is 0 Å². The number of ether oxygens (including phenoxy) is 1. The summed E-state index contributed by atoms with van der Waals surface area (Å²) in [6.07, 6.45) is 0. The number of halogens is 1. The maximum Gasteiger partial charge on any atom is 0.254 e. The van der Waals surface area contributed by atoms with E-state index in [4.69, 9.17) is 9.15 Å². The molecule has 0 radical (unpaired) electrons. The highest BCUT2D eigenvalue weighted by Gasteiger charge is 2.08. The lowest BCUT2D eigenvalue weighted by molar-refractivity contribution is 0.263. The first-order chi connectivity index (χ1) is 9.81. The van der Waals surface area contributed by atoms with Crippen molar-refractivity contribution in [3.8, 4) is 17.2 Å². The fourth-order valence-corrected chi connectivity index (χ4v) is 1.71. The molecule has 4 nitrogen and oxygen atoms in total. The van der Waals surface area contributed by atoms with Crippen LogP contribution in [0.3, 0.4) is 0 Å². The minimum absolute atomic E-state index is 0.100. The fourth-order valence-electron chi connectivity index (χ4n) is 1.71. The highest BCUT2D eigenvalue weighted by Crippen LogP contribution is 2.18. The molecule has 0 atom stereocenters. The summed E-state index contributed by atoms with van der Waals surface area (Å²) in [4.78, 5) is 0. The van der Waals surface area contributed by atoms with Gasteiger partial charge >= 0.3 is 0 Å². The molecule has 0 aliphatic carbocycles. The zero-order chi connectivity index (χ0) is 13.8. The second kappa shape index (κ2) is 5.52. The topological polar surface area (TPSA) is 48.2 Å². The number of nitrogens with zero attached hydrogens (tertiary/aromatic N) is 2. The summed E-state index contributed by atoms with van der Waals surface area (Å²) >= 11 is 0. The van der Waals surface area contributed by atoms with Crippen LogP contribution in [-0.2, 0) is 6.61 Å². The molecule has 0 unspecified atom stereocenters. The Labute approximate surface area is 114 Å². The van der Waals surface area contributed by atoms with Crippen molar-refractivity contribution in [1.29, 1.82) is 0 Å². The van der Waals surface area contributed by atoms with Crippen LogP contribution in [0.25, 0.3) is 11.5 Å². The quantitative estimate of drug-likeness (QED) is 0.728. The van der Waals surface area contributed by atoms with Gasteiger partial charge in [-0.1, -0.05) is 24.3 Å². The molecule has 3 aromatic rings. The monoisotopic (exact) mass is 270 g/mol. The summed E-state index contributed by atoms with van der Waals surface area (Å²) in [6.45, 7) is 0.100. The average molecular weight is 270 g/mol. The van der Waals surface area contributed by atoms with Crippen molar-refractivity contribution < 1.29 is 13.5 Å². The zero-order valence-corrected chi connectivity index (χ0v) is 10.5. The van der Waals surface area contributed by atoms with E-state index in [1.165, 1.54) is 12.1 Å². The van der Waals surface area contributed by atoms with Gasteiger partial charge in [0, 0.05) is 11.6 Å². The van der Waals surface area contributed by atoms with Crippen LogP contribution in [0.4, 0.5) is 4.39 Å². The molecule has 0 N–H and O–H groups in total. The molecule has 0 saturated heterocycles. The Hall–Kier alpha value is -2.69. The summed E-state index contributed by atoms with van der Waals surface area (Å²) in [5.41, 5.74) is 0.844. The molecule has 100 valence electrons. The molecular weight excluding hydrogens is 259 g/mol. The minimum atomic E-state index is -0.349. The standard InChI is InChI=1S/C15H11FN2O2/c16-12-7-4-8-13(9-12)19-10-14-17-18-15(20-14)11-5-2-1-3-6-11/h1-9H,10H2. The van der Waals surface area contributed by atoms with E-state index in [2.05, 4.69) is 10.2 Å². The summed E-state index contributed by atoms with van der Waals surface area (Å²) in [7, 11) is 0. The van der Waals surface area contributed by atoms with Gasteiger partial charge < -0.3 is 9.15 Å². The second-order valence-corrected chi connectivity index (χ2v) is 4.11. The molecule has 20 heavy (non-hydrogen) atoms. The van der Waals surface area contributed by atoms with Gasteiger partial charge in [0.2, 0.25) is 5.89 Å². The molecule has 0 fully saturated rings. The molecular formula is C15H11FN2O2. The van der Waals surface area contributed by atoms with Gasteiger partial charge in [0.15, 0.2) is 6.61 Å². The molecule has 2 aromatic carbocycles. The van der Waals surface area contributed by atoms with E-state index in [1.807, 2.05) is 30.3 Å². The highest BCUT2D eigenvalue weighted by molar-refractivity contribution is 5.51. The van der Waals surface area contributed by atoms with Crippen molar-refractivity contribution >= 4 is 0 Å². The van der Waals surface area contributed by atoms with Gasteiger partial charge in [0.1, 0.15) is 11.6 Å². The minimum Gasteiger partial charge on any atom is -0.484 e. The van der Waals surface area contributed by atoms with E-state index >= 15 is 0 Å². The maximum absolute atomic E-state index is 13.0. The first-order valence-electron chi connectivity index (χ1n) is 6.07. The van der Waals surface area contributed by atoms with E-state index in [9.17, 15) is 4.39 Å². The normalized spacial score (nSPS) is 10.4.